The van der Waals surface area contributed by atoms with Gasteiger partial charge in [-0.25, -0.2) is 8.42 Å². The summed E-state index contributed by atoms with van der Waals surface area (Å²) in [6.07, 6.45) is -1.35. The van der Waals surface area contributed by atoms with Crippen molar-refractivity contribution < 1.29 is 35.2 Å². The number of hydrogen-bond donors (Lipinski definition) is 2. The average Bonchev–Trinajstić information content (AvgIpc) is 3.43. The van der Waals surface area contributed by atoms with Gasteiger partial charge in [0.05, 0.1) is 5.75 Å². The number of sulfone groups is 1. The molecule has 1 aromatic heterocycles. The number of halogens is 5. The number of nitrogens with one attached hydrogen (secondary N) is 2. The quantitative estimate of drug-likeness (QED) is 0.517. The molecule has 1 saturated carbocycles. The first kappa shape index (κ1) is 25.4. The summed E-state index contributed by atoms with van der Waals surface area (Å²) in [5.41, 5.74) is 0.567. The van der Waals surface area contributed by atoms with Crippen LogP contribution in [0.3, 0.4) is 0 Å². The Hall–Kier alpha value is -2.26. The normalized spacial score (nSPS) is 18.7. The van der Waals surface area contributed by atoms with Crippen LogP contribution in [-0.4, -0.2) is 60.5 Å². The van der Waals surface area contributed by atoms with Crippen molar-refractivity contribution in [1.82, 2.24) is 15.5 Å². The molecule has 0 unspecified atom stereocenters. The number of likely N-dealkylation sites (N-methyl/N-ethyl adjacent to an activating group) is 1. The Morgan fingerprint density at radius 2 is 1.88 bits per heavy atom. The van der Waals surface area contributed by atoms with Gasteiger partial charge in [-0.05, 0) is 31.0 Å². The van der Waals surface area contributed by atoms with Crippen LogP contribution in [0.5, 0.6) is 0 Å². The van der Waals surface area contributed by atoms with Crippen LogP contribution in [0.2, 0.25) is 0 Å². The fourth-order valence-electron chi connectivity index (χ4n) is 3.09. The number of carbonyl (C=O) groups is 1. The number of alkyl halides is 5. The molecular formula is C18H20F5N5O3S2. The lowest BCUT2D eigenvalue weighted by molar-refractivity contribution is -0.289. The molecule has 1 fully saturated rings. The number of aliphatic imine (C=N–C) groups is 1. The van der Waals surface area contributed by atoms with Crippen molar-refractivity contribution in [3.8, 4) is 0 Å². The number of carbonyl (C=O) groups excluding carboxylic acids is 1. The third-order valence-electron chi connectivity index (χ3n) is 5.27. The summed E-state index contributed by atoms with van der Waals surface area (Å²) in [4.78, 5) is 16.8. The van der Waals surface area contributed by atoms with Crippen molar-refractivity contribution in [2.24, 2.45) is 4.99 Å². The highest BCUT2D eigenvalue weighted by Gasteiger charge is 2.61. The van der Waals surface area contributed by atoms with E-state index in [1.807, 2.05) is 0 Å². The van der Waals surface area contributed by atoms with Gasteiger partial charge in [-0.15, -0.1) is 10.2 Å². The molecule has 2 N–H and O–H groups in total. The molecule has 1 aromatic rings. The zero-order valence-electron chi connectivity index (χ0n) is 17.5. The van der Waals surface area contributed by atoms with Crippen LogP contribution in [0.1, 0.15) is 31.2 Å². The minimum atomic E-state index is -5.86. The molecule has 0 saturated heterocycles. The topological polar surface area (TPSA) is 113 Å². The molecule has 0 spiro atoms. The van der Waals surface area contributed by atoms with Crippen molar-refractivity contribution in [2.45, 2.75) is 43.8 Å². The first-order valence-electron chi connectivity index (χ1n) is 9.69. The Labute approximate surface area is 190 Å². The summed E-state index contributed by atoms with van der Waals surface area (Å²) in [5.74, 6) is -6.56. The number of amides is 1. The molecule has 3 rings (SSSR count). The smallest absolute Gasteiger partial charge is 0.310 e. The molecule has 2 heterocycles. The molecule has 8 nitrogen and oxygen atoms in total. The van der Waals surface area contributed by atoms with Gasteiger partial charge in [-0.1, -0.05) is 24.3 Å². The third kappa shape index (κ3) is 5.46. The second kappa shape index (κ2) is 8.83. The second-order valence-corrected chi connectivity index (χ2v) is 10.9. The molecule has 0 aromatic carbocycles. The van der Waals surface area contributed by atoms with Gasteiger partial charge in [0.15, 0.2) is 14.8 Å². The van der Waals surface area contributed by atoms with Gasteiger partial charge in [0.2, 0.25) is 5.13 Å². The van der Waals surface area contributed by atoms with E-state index in [-0.39, 0.29) is 40.5 Å². The number of anilines is 1. The van der Waals surface area contributed by atoms with E-state index in [4.69, 9.17) is 0 Å². The minimum Gasteiger partial charge on any atom is -0.310 e. The Morgan fingerprint density at radius 3 is 2.42 bits per heavy atom. The van der Waals surface area contributed by atoms with Gasteiger partial charge in [0.25, 0.3) is 5.91 Å². The van der Waals surface area contributed by atoms with Crippen molar-refractivity contribution >= 4 is 37.9 Å². The van der Waals surface area contributed by atoms with Gasteiger partial charge in [-0.3, -0.25) is 15.1 Å². The van der Waals surface area contributed by atoms with E-state index in [9.17, 15) is 35.2 Å². The third-order valence-corrected chi connectivity index (χ3v) is 7.87. The Balaban J connectivity index is 1.85. The van der Waals surface area contributed by atoms with Crippen LogP contribution < -0.4 is 10.6 Å². The number of aromatic nitrogens is 2. The Bertz CT molecular complexity index is 1130. The van der Waals surface area contributed by atoms with Crippen LogP contribution in [0.25, 0.3) is 0 Å². The first-order chi connectivity index (χ1) is 15.2. The maximum Gasteiger partial charge on any atom is 0.460 e. The number of rotatable bonds is 8. The van der Waals surface area contributed by atoms with Crippen molar-refractivity contribution in [3.63, 3.8) is 0 Å². The lowest BCUT2D eigenvalue weighted by Crippen LogP contribution is -2.33. The molecule has 2 aliphatic rings. The molecule has 182 valence electrons. The lowest BCUT2D eigenvalue weighted by atomic mass is 10.0. The summed E-state index contributed by atoms with van der Waals surface area (Å²) >= 11 is -0.118. The van der Waals surface area contributed by atoms with Crippen LogP contribution in [0.15, 0.2) is 28.4 Å². The molecule has 1 aliphatic heterocycles. The number of hydrogen-bond acceptors (Lipinski definition) is 8. The van der Waals surface area contributed by atoms with E-state index >= 15 is 0 Å². The summed E-state index contributed by atoms with van der Waals surface area (Å²) in [6, 6.07) is 0. The monoisotopic (exact) mass is 513 g/mol. The van der Waals surface area contributed by atoms with E-state index in [2.05, 4.69) is 25.8 Å². The molecule has 1 aliphatic carbocycles. The minimum absolute atomic E-state index is 0.111. The Morgan fingerprint density at radius 1 is 1.21 bits per heavy atom. The molecular weight excluding hydrogens is 493 g/mol. The van der Waals surface area contributed by atoms with Gasteiger partial charge in [0, 0.05) is 23.9 Å². The zero-order chi connectivity index (χ0) is 24.7. The molecule has 15 heteroatoms. The molecule has 0 bridgehead atoms. The molecule has 0 radical (unpaired) electrons. The first-order valence-corrected chi connectivity index (χ1v) is 12.3. The highest BCUT2D eigenvalue weighted by molar-refractivity contribution is 7.91. The van der Waals surface area contributed by atoms with Gasteiger partial charge >= 0.3 is 12.1 Å². The Kier molecular flexibility index (Phi) is 6.79. The highest BCUT2D eigenvalue weighted by Crippen LogP contribution is 2.45. The molecule has 1 amide bonds. The van der Waals surface area contributed by atoms with Gasteiger partial charge in [0.1, 0.15) is 5.71 Å². The highest BCUT2D eigenvalue weighted by atomic mass is 32.2. The summed E-state index contributed by atoms with van der Waals surface area (Å²) < 4.78 is 88.7. The summed E-state index contributed by atoms with van der Waals surface area (Å²) in [6.45, 7) is 1.49. The van der Waals surface area contributed by atoms with E-state index in [1.54, 1.807) is 13.1 Å². The maximum absolute atomic E-state index is 13.4. The van der Waals surface area contributed by atoms with Crippen molar-refractivity contribution in [2.75, 3.05) is 23.9 Å². The fourth-order valence-corrected chi connectivity index (χ4v) is 4.78. The van der Waals surface area contributed by atoms with Gasteiger partial charge < -0.3 is 5.32 Å². The summed E-state index contributed by atoms with van der Waals surface area (Å²) in [7, 11) is -1.69. The van der Waals surface area contributed by atoms with E-state index in [1.165, 1.54) is 13.1 Å². The number of nitrogens with zero attached hydrogens (tertiary/aromatic N) is 3. The SMILES string of the molecule is CCS(=O)(=O)CC1=CC(C2(NC)CC2)=CN=C(C(=O)Nc2nnc(C(F)(F)C(F)(F)F)s2)C1. The van der Waals surface area contributed by atoms with E-state index < -0.39 is 38.0 Å². The second-order valence-electron chi connectivity index (χ2n) is 7.59. The molecule has 0 atom stereocenters. The summed E-state index contributed by atoms with van der Waals surface area (Å²) in [5, 5.41) is 9.11. The lowest BCUT2D eigenvalue weighted by Gasteiger charge is -2.16. The predicted molar refractivity (Wildman–Crippen MR) is 112 cm³/mol. The molecule has 33 heavy (non-hydrogen) atoms. The fraction of sp³-hybridized carbons (Fsp3) is 0.556. The van der Waals surface area contributed by atoms with Crippen LogP contribution in [0, 0.1) is 0 Å². The van der Waals surface area contributed by atoms with Crippen LogP contribution in [-0.2, 0) is 20.6 Å². The maximum atomic E-state index is 13.4. The van der Waals surface area contributed by atoms with Gasteiger partial charge in [-0.2, -0.15) is 22.0 Å². The van der Waals surface area contributed by atoms with Crippen molar-refractivity contribution in [3.05, 3.63) is 28.4 Å². The zero-order valence-corrected chi connectivity index (χ0v) is 19.1. The van der Waals surface area contributed by atoms with Crippen LogP contribution in [0.4, 0.5) is 27.1 Å². The predicted octanol–water partition coefficient (Wildman–Crippen LogP) is 2.97. The standard InChI is InChI=1S/C18H20F5N5O3S2/c1-3-33(30,31)9-10-6-11(16(24-2)4-5-16)8-25-12(7-10)13(29)26-15-28-27-14(32-15)17(19,20)18(21,22)23/h6,8,24H,3-5,7,9H2,1-2H3,(H,26,28,29). The van der Waals surface area contributed by atoms with E-state index in [0.29, 0.717) is 11.1 Å². The largest absolute Gasteiger partial charge is 0.460 e. The van der Waals surface area contributed by atoms with Crippen molar-refractivity contribution in [1.29, 1.82) is 0 Å². The van der Waals surface area contributed by atoms with Crippen LogP contribution >= 0.6 is 11.3 Å². The van der Waals surface area contributed by atoms with E-state index in [0.717, 1.165) is 12.8 Å². The average molecular weight is 514 g/mol.